The van der Waals surface area contributed by atoms with Gasteiger partial charge >= 0.3 is 0 Å². The first-order valence-corrected chi connectivity index (χ1v) is 7.20. The van der Waals surface area contributed by atoms with Crippen LogP contribution in [0.25, 0.3) is 10.9 Å². The Bertz CT molecular complexity index is 598. The number of benzene rings is 1. The van der Waals surface area contributed by atoms with Gasteiger partial charge in [-0.2, -0.15) is 0 Å². The van der Waals surface area contributed by atoms with Crippen LogP contribution in [0.1, 0.15) is 20.3 Å². The molecule has 22 heavy (non-hydrogen) atoms. The maximum atomic E-state index is 12.0. The number of nitrogens with one attached hydrogen (secondary N) is 2. The maximum Gasteiger partial charge on any atom is 0.228 e. The quantitative estimate of drug-likeness (QED) is 0.838. The Morgan fingerprint density at radius 1 is 1.27 bits per heavy atom. The number of hydrogen-bond donors (Lipinski definition) is 2. The van der Waals surface area contributed by atoms with Gasteiger partial charge in [0.05, 0.1) is 0 Å². The molecule has 0 radical (unpaired) electrons. The van der Waals surface area contributed by atoms with Crippen LogP contribution in [-0.4, -0.2) is 24.1 Å². The molecular formula is C16H25Cl2N3O. The van der Waals surface area contributed by atoms with Crippen molar-refractivity contribution in [1.29, 1.82) is 0 Å². The summed E-state index contributed by atoms with van der Waals surface area (Å²) in [6.07, 6.45) is 3.22. The minimum absolute atomic E-state index is 0. The second kappa shape index (κ2) is 9.72. The summed E-state index contributed by atoms with van der Waals surface area (Å²) in [6, 6.07) is 8.17. The van der Waals surface area contributed by atoms with E-state index < -0.39 is 0 Å². The van der Waals surface area contributed by atoms with Gasteiger partial charge in [-0.05, 0) is 37.7 Å². The summed E-state index contributed by atoms with van der Waals surface area (Å²) in [4.78, 5) is 12.0. The first-order valence-electron chi connectivity index (χ1n) is 7.20. The number of fused-ring (bicyclic) bond motifs is 1. The van der Waals surface area contributed by atoms with Crippen molar-refractivity contribution in [2.24, 2.45) is 5.92 Å². The fourth-order valence-electron chi connectivity index (χ4n) is 2.38. The Morgan fingerprint density at radius 3 is 2.64 bits per heavy atom. The fourth-order valence-corrected chi connectivity index (χ4v) is 2.38. The van der Waals surface area contributed by atoms with Gasteiger partial charge in [0.25, 0.3) is 0 Å². The average molecular weight is 346 g/mol. The second-order valence-electron chi connectivity index (χ2n) is 5.23. The molecule has 1 unspecified atom stereocenters. The Morgan fingerprint density at radius 2 is 2.00 bits per heavy atom. The number of aryl methyl sites for hydroxylation is 1. The van der Waals surface area contributed by atoms with E-state index >= 15 is 0 Å². The predicted molar refractivity (Wildman–Crippen MR) is 98.4 cm³/mol. The van der Waals surface area contributed by atoms with E-state index in [2.05, 4.69) is 40.5 Å². The minimum Gasteiger partial charge on any atom is -0.347 e. The standard InChI is InChI=1S/C16H23N3O.2ClH/c1-4-8-19-9-7-13-10-14(5-6-15(13)19)18-16(20)12(2)11-17-3;;/h5-7,9-10,12,17H,4,8,11H2,1-3H3,(H,18,20);2*1H. The largest absolute Gasteiger partial charge is 0.347 e. The van der Waals surface area contributed by atoms with E-state index in [0.29, 0.717) is 6.54 Å². The molecule has 4 nitrogen and oxygen atoms in total. The van der Waals surface area contributed by atoms with Gasteiger partial charge in [0, 0.05) is 41.8 Å². The number of rotatable bonds is 6. The summed E-state index contributed by atoms with van der Waals surface area (Å²) in [5, 5.41) is 7.15. The van der Waals surface area contributed by atoms with Crippen LogP contribution in [0.4, 0.5) is 5.69 Å². The molecule has 2 N–H and O–H groups in total. The lowest BCUT2D eigenvalue weighted by Crippen LogP contribution is -2.28. The van der Waals surface area contributed by atoms with E-state index in [0.717, 1.165) is 24.0 Å². The molecular weight excluding hydrogens is 321 g/mol. The van der Waals surface area contributed by atoms with Crippen LogP contribution in [0.3, 0.4) is 0 Å². The highest BCUT2D eigenvalue weighted by Gasteiger charge is 2.12. The van der Waals surface area contributed by atoms with Crippen LogP contribution in [0.15, 0.2) is 30.5 Å². The Hall–Kier alpha value is -1.23. The van der Waals surface area contributed by atoms with E-state index in [-0.39, 0.29) is 36.6 Å². The number of halogens is 2. The number of carbonyl (C=O) groups excluding carboxylic acids is 1. The van der Waals surface area contributed by atoms with Gasteiger partial charge in [0.2, 0.25) is 5.91 Å². The summed E-state index contributed by atoms with van der Waals surface area (Å²) in [7, 11) is 1.85. The molecule has 0 aliphatic carbocycles. The molecule has 124 valence electrons. The smallest absolute Gasteiger partial charge is 0.228 e. The molecule has 0 bridgehead atoms. The van der Waals surface area contributed by atoms with Crippen molar-refractivity contribution in [3.8, 4) is 0 Å². The van der Waals surface area contributed by atoms with E-state index in [1.165, 1.54) is 5.52 Å². The monoisotopic (exact) mass is 345 g/mol. The SMILES string of the molecule is CCCn1ccc2cc(NC(=O)C(C)CNC)ccc21.Cl.Cl. The summed E-state index contributed by atoms with van der Waals surface area (Å²) >= 11 is 0. The van der Waals surface area contributed by atoms with Crippen LogP contribution in [-0.2, 0) is 11.3 Å². The number of carbonyl (C=O) groups is 1. The van der Waals surface area contributed by atoms with Crippen molar-refractivity contribution in [3.63, 3.8) is 0 Å². The van der Waals surface area contributed by atoms with Gasteiger partial charge in [-0.25, -0.2) is 0 Å². The Labute approximate surface area is 144 Å². The van der Waals surface area contributed by atoms with Crippen molar-refractivity contribution in [2.45, 2.75) is 26.8 Å². The summed E-state index contributed by atoms with van der Waals surface area (Å²) < 4.78 is 2.24. The highest BCUT2D eigenvalue weighted by molar-refractivity contribution is 5.95. The third kappa shape index (κ3) is 4.90. The molecule has 2 aromatic rings. The minimum atomic E-state index is -0.0413. The van der Waals surface area contributed by atoms with Crippen molar-refractivity contribution in [3.05, 3.63) is 30.5 Å². The summed E-state index contributed by atoms with van der Waals surface area (Å²) in [6.45, 7) is 5.79. The predicted octanol–water partition coefficient (Wildman–Crippen LogP) is 3.69. The number of nitrogens with zero attached hydrogens (tertiary/aromatic N) is 1. The zero-order valence-corrected chi connectivity index (χ0v) is 14.9. The molecule has 1 heterocycles. The highest BCUT2D eigenvalue weighted by atomic mass is 35.5. The average Bonchev–Trinajstić information content (AvgIpc) is 2.82. The van der Waals surface area contributed by atoms with E-state index in [4.69, 9.17) is 0 Å². The molecule has 0 spiro atoms. The summed E-state index contributed by atoms with van der Waals surface area (Å²) in [5.74, 6) is 0.00655. The van der Waals surface area contributed by atoms with Gasteiger partial charge in [0.15, 0.2) is 0 Å². The topological polar surface area (TPSA) is 46.1 Å². The van der Waals surface area contributed by atoms with Crippen LogP contribution < -0.4 is 10.6 Å². The molecule has 0 saturated heterocycles. The van der Waals surface area contributed by atoms with Crippen molar-refractivity contribution >= 4 is 47.3 Å². The first kappa shape index (κ1) is 20.8. The lowest BCUT2D eigenvalue weighted by atomic mass is 10.1. The molecule has 1 amide bonds. The third-order valence-corrected chi connectivity index (χ3v) is 3.46. The van der Waals surface area contributed by atoms with Crippen molar-refractivity contribution < 1.29 is 4.79 Å². The van der Waals surface area contributed by atoms with Crippen LogP contribution in [0.5, 0.6) is 0 Å². The van der Waals surface area contributed by atoms with E-state index in [9.17, 15) is 4.79 Å². The fraction of sp³-hybridized carbons (Fsp3) is 0.438. The maximum absolute atomic E-state index is 12.0. The van der Waals surface area contributed by atoms with Crippen LogP contribution in [0.2, 0.25) is 0 Å². The molecule has 1 aromatic heterocycles. The van der Waals surface area contributed by atoms with Gasteiger partial charge < -0.3 is 15.2 Å². The van der Waals surface area contributed by atoms with E-state index in [1.807, 2.05) is 26.1 Å². The first-order chi connectivity index (χ1) is 9.65. The zero-order chi connectivity index (χ0) is 14.5. The molecule has 0 fully saturated rings. The van der Waals surface area contributed by atoms with Crippen molar-refractivity contribution in [2.75, 3.05) is 18.9 Å². The molecule has 0 aliphatic heterocycles. The Kier molecular flexibility index (Phi) is 9.18. The molecule has 1 aromatic carbocycles. The van der Waals surface area contributed by atoms with Crippen molar-refractivity contribution in [1.82, 2.24) is 9.88 Å². The van der Waals surface area contributed by atoms with Gasteiger partial charge in [-0.15, -0.1) is 24.8 Å². The number of amides is 1. The number of aromatic nitrogens is 1. The number of hydrogen-bond acceptors (Lipinski definition) is 2. The lowest BCUT2D eigenvalue weighted by Gasteiger charge is -2.12. The highest BCUT2D eigenvalue weighted by Crippen LogP contribution is 2.21. The van der Waals surface area contributed by atoms with Gasteiger partial charge in [-0.1, -0.05) is 13.8 Å². The zero-order valence-electron chi connectivity index (χ0n) is 13.3. The van der Waals surface area contributed by atoms with E-state index in [1.54, 1.807) is 0 Å². The summed E-state index contributed by atoms with van der Waals surface area (Å²) in [5.41, 5.74) is 2.08. The Balaban J connectivity index is 0.00000220. The van der Waals surface area contributed by atoms with Gasteiger partial charge in [0.1, 0.15) is 0 Å². The molecule has 0 saturated carbocycles. The molecule has 6 heteroatoms. The van der Waals surface area contributed by atoms with Gasteiger partial charge in [-0.3, -0.25) is 4.79 Å². The molecule has 2 rings (SSSR count). The normalized spacial score (nSPS) is 11.4. The van der Waals surface area contributed by atoms with Crippen LogP contribution in [0, 0.1) is 5.92 Å². The third-order valence-electron chi connectivity index (χ3n) is 3.46. The molecule has 0 aliphatic rings. The lowest BCUT2D eigenvalue weighted by molar-refractivity contribution is -0.119. The number of anilines is 1. The molecule has 1 atom stereocenters. The second-order valence-corrected chi connectivity index (χ2v) is 5.23. The van der Waals surface area contributed by atoms with Crippen LogP contribution >= 0.6 is 24.8 Å².